The SMILES string of the molecule is CCCN(CCC)C(=O)c1cc(-c2nnc([C@@](C)(N)Cc3ccccc3)o2)cc(-c2ccccc2C#N)c1. The van der Waals surface area contributed by atoms with Crippen LogP contribution in [0.5, 0.6) is 0 Å². The molecule has 0 aliphatic rings. The molecule has 0 unspecified atom stereocenters. The van der Waals surface area contributed by atoms with Crippen LogP contribution >= 0.6 is 0 Å². The Bertz CT molecular complexity index is 1430. The highest BCUT2D eigenvalue weighted by Gasteiger charge is 2.29. The summed E-state index contributed by atoms with van der Waals surface area (Å²) in [5, 5.41) is 18.3. The first-order valence-corrected chi connectivity index (χ1v) is 13.0. The third kappa shape index (κ3) is 5.99. The van der Waals surface area contributed by atoms with Gasteiger partial charge in [0.05, 0.1) is 17.2 Å². The zero-order chi connectivity index (χ0) is 27.1. The second-order valence-corrected chi connectivity index (χ2v) is 9.74. The van der Waals surface area contributed by atoms with Crippen molar-refractivity contribution in [2.24, 2.45) is 5.73 Å². The van der Waals surface area contributed by atoms with Crippen LogP contribution in [0.15, 0.2) is 77.2 Å². The van der Waals surface area contributed by atoms with Gasteiger partial charge in [-0.1, -0.05) is 62.4 Å². The fourth-order valence-corrected chi connectivity index (χ4v) is 4.57. The Morgan fingerprint density at radius 1 is 0.974 bits per heavy atom. The predicted octanol–water partition coefficient (Wildman–Crippen LogP) is 5.95. The average Bonchev–Trinajstić information content (AvgIpc) is 3.44. The minimum absolute atomic E-state index is 0.0706. The molecule has 0 saturated carbocycles. The first-order valence-electron chi connectivity index (χ1n) is 13.0. The molecule has 4 rings (SSSR count). The van der Waals surface area contributed by atoms with Crippen LogP contribution in [0.2, 0.25) is 0 Å². The molecule has 0 fully saturated rings. The van der Waals surface area contributed by atoms with Gasteiger partial charge in [0.25, 0.3) is 5.91 Å². The van der Waals surface area contributed by atoms with Crippen molar-refractivity contribution in [3.63, 3.8) is 0 Å². The highest BCUT2D eigenvalue weighted by atomic mass is 16.4. The predicted molar refractivity (Wildman–Crippen MR) is 148 cm³/mol. The van der Waals surface area contributed by atoms with E-state index in [0.717, 1.165) is 29.5 Å². The fourth-order valence-electron chi connectivity index (χ4n) is 4.57. The van der Waals surface area contributed by atoms with Crippen LogP contribution < -0.4 is 5.73 Å². The summed E-state index contributed by atoms with van der Waals surface area (Å²) in [6, 6.07) is 25.0. The minimum atomic E-state index is -0.880. The number of nitrogens with zero attached hydrogens (tertiary/aromatic N) is 4. The van der Waals surface area contributed by atoms with E-state index in [9.17, 15) is 10.1 Å². The molecule has 38 heavy (non-hydrogen) atoms. The van der Waals surface area contributed by atoms with Crippen molar-refractivity contribution in [1.29, 1.82) is 5.26 Å². The summed E-state index contributed by atoms with van der Waals surface area (Å²) in [4.78, 5) is 15.4. The molecule has 0 spiro atoms. The van der Waals surface area contributed by atoms with E-state index in [2.05, 4.69) is 30.1 Å². The standard InChI is InChI=1S/C31H33N5O2/c1-4-15-36(16-5-2)29(37)26-18-24(27-14-10-9-13-23(27)21-32)17-25(19-26)28-34-35-30(38-28)31(3,33)20-22-11-7-6-8-12-22/h6-14,17-19H,4-5,15-16,20,33H2,1-3H3/t31-/m0/s1. The number of nitriles is 1. The van der Waals surface area contributed by atoms with Crippen molar-refractivity contribution < 1.29 is 9.21 Å². The smallest absolute Gasteiger partial charge is 0.253 e. The van der Waals surface area contributed by atoms with E-state index < -0.39 is 5.54 Å². The van der Waals surface area contributed by atoms with E-state index in [0.29, 0.717) is 42.1 Å². The third-order valence-corrected chi connectivity index (χ3v) is 6.39. The van der Waals surface area contributed by atoms with Gasteiger partial charge in [0.15, 0.2) is 0 Å². The van der Waals surface area contributed by atoms with E-state index in [1.165, 1.54) is 0 Å². The molecule has 0 saturated heterocycles. The summed E-state index contributed by atoms with van der Waals surface area (Å²) in [6.45, 7) is 7.30. The van der Waals surface area contributed by atoms with Gasteiger partial charge < -0.3 is 15.1 Å². The van der Waals surface area contributed by atoms with Gasteiger partial charge in [-0.2, -0.15) is 5.26 Å². The Morgan fingerprint density at radius 2 is 1.63 bits per heavy atom. The van der Waals surface area contributed by atoms with Gasteiger partial charge in [0, 0.05) is 24.2 Å². The van der Waals surface area contributed by atoms with Crippen molar-refractivity contribution >= 4 is 5.91 Å². The molecular weight excluding hydrogens is 474 g/mol. The Labute approximate surface area is 223 Å². The van der Waals surface area contributed by atoms with Crippen molar-refractivity contribution in [3.8, 4) is 28.7 Å². The van der Waals surface area contributed by atoms with Gasteiger partial charge in [-0.05, 0) is 67.1 Å². The van der Waals surface area contributed by atoms with Crippen LogP contribution in [0.3, 0.4) is 0 Å². The molecule has 3 aromatic carbocycles. The molecular formula is C31H33N5O2. The van der Waals surface area contributed by atoms with Crippen LogP contribution in [-0.2, 0) is 12.0 Å². The lowest BCUT2D eigenvalue weighted by molar-refractivity contribution is 0.0755. The minimum Gasteiger partial charge on any atom is -0.419 e. The summed E-state index contributed by atoms with van der Waals surface area (Å²) >= 11 is 0. The number of hydrogen-bond donors (Lipinski definition) is 1. The molecule has 0 aliphatic carbocycles. The van der Waals surface area contributed by atoms with Crippen molar-refractivity contribution in [2.75, 3.05) is 13.1 Å². The molecule has 1 aromatic heterocycles. The summed E-state index contributed by atoms with van der Waals surface area (Å²) in [6.07, 6.45) is 2.25. The Morgan fingerprint density at radius 3 is 2.32 bits per heavy atom. The largest absolute Gasteiger partial charge is 0.419 e. The van der Waals surface area contributed by atoms with E-state index in [4.69, 9.17) is 10.2 Å². The Kier molecular flexibility index (Phi) is 8.35. The Hall–Kier alpha value is -4.28. The van der Waals surface area contributed by atoms with Crippen LogP contribution in [0.1, 0.15) is 61.0 Å². The number of carbonyl (C=O) groups is 1. The van der Waals surface area contributed by atoms with Crippen LogP contribution in [0.25, 0.3) is 22.6 Å². The number of benzene rings is 3. The van der Waals surface area contributed by atoms with Gasteiger partial charge in [-0.25, -0.2) is 0 Å². The van der Waals surface area contributed by atoms with Crippen molar-refractivity contribution in [1.82, 2.24) is 15.1 Å². The topological polar surface area (TPSA) is 109 Å². The molecule has 1 atom stereocenters. The molecule has 1 amide bonds. The summed E-state index contributed by atoms with van der Waals surface area (Å²) in [5.74, 6) is 0.511. The maximum Gasteiger partial charge on any atom is 0.253 e. The molecule has 2 N–H and O–H groups in total. The number of nitrogens with two attached hydrogens (primary N) is 1. The van der Waals surface area contributed by atoms with E-state index in [-0.39, 0.29) is 11.8 Å². The van der Waals surface area contributed by atoms with E-state index >= 15 is 0 Å². The summed E-state index contributed by atoms with van der Waals surface area (Å²) in [5.41, 5.74) is 9.88. The number of carbonyl (C=O) groups excluding carboxylic acids is 1. The van der Waals surface area contributed by atoms with Crippen molar-refractivity contribution in [2.45, 2.75) is 45.6 Å². The quantitative estimate of drug-likeness (QED) is 0.284. The van der Waals surface area contributed by atoms with Gasteiger partial charge in [0.1, 0.15) is 0 Å². The van der Waals surface area contributed by atoms with Gasteiger partial charge in [0.2, 0.25) is 11.8 Å². The molecule has 4 aromatic rings. The van der Waals surface area contributed by atoms with Gasteiger partial charge in [-0.15, -0.1) is 10.2 Å². The van der Waals surface area contributed by atoms with E-state index in [1.807, 2.05) is 72.5 Å². The van der Waals surface area contributed by atoms with Crippen LogP contribution in [0, 0.1) is 11.3 Å². The second kappa shape index (κ2) is 11.8. The highest BCUT2D eigenvalue weighted by Crippen LogP contribution is 2.32. The zero-order valence-electron chi connectivity index (χ0n) is 22.1. The molecule has 1 heterocycles. The average molecular weight is 508 g/mol. The van der Waals surface area contributed by atoms with Gasteiger partial charge >= 0.3 is 0 Å². The lowest BCUT2D eigenvalue weighted by Crippen LogP contribution is -2.35. The lowest BCUT2D eigenvalue weighted by atomic mass is 9.94. The lowest BCUT2D eigenvalue weighted by Gasteiger charge is -2.22. The Balaban J connectivity index is 1.78. The van der Waals surface area contributed by atoms with E-state index in [1.54, 1.807) is 12.1 Å². The zero-order valence-corrected chi connectivity index (χ0v) is 22.1. The second-order valence-electron chi connectivity index (χ2n) is 9.74. The molecule has 7 nitrogen and oxygen atoms in total. The summed E-state index contributed by atoms with van der Waals surface area (Å²) in [7, 11) is 0. The molecule has 7 heteroatoms. The maximum atomic E-state index is 13.6. The molecule has 0 bridgehead atoms. The third-order valence-electron chi connectivity index (χ3n) is 6.39. The molecule has 194 valence electrons. The number of aromatic nitrogens is 2. The first kappa shape index (κ1) is 26.8. The molecule has 0 radical (unpaired) electrons. The van der Waals surface area contributed by atoms with Crippen LogP contribution in [0.4, 0.5) is 0 Å². The van der Waals surface area contributed by atoms with Crippen LogP contribution in [-0.4, -0.2) is 34.1 Å². The normalized spacial score (nSPS) is 12.5. The first-order chi connectivity index (χ1) is 18.4. The van der Waals surface area contributed by atoms with Crippen molar-refractivity contribution in [3.05, 3.63) is 95.4 Å². The monoisotopic (exact) mass is 507 g/mol. The highest BCUT2D eigenvalue weighted by molar-refractivity contribution is 5.97. The maximum absolute atomic E-state index is 13.6. The van der Waals surface area contributed by atoms with Gasteiger partial charge in [-0.3, -0.25) is 4.79 Å². The number of amides is 1. The number of rotatable bonds is 10. The molecule has 0 aliphatic heterocycles. The fraction of sp³-hybridized carbons (Fsp3) is 0.290. The number of hydrogen-bond acceptors (Lipinski definition) is 6. The summed E-state index contributed by atoms with van der Waals surface area (Å²) < 4.78 is 6.11.